The molecular formula is C22H25N3O4. The lowest BCUT2D eigenvalue weighted by atomic mass is 9.99. The van der Waals surface area contributed by atoms with Gasteiger partial charge in [0.2, 0.25) is 5.89 Å². The molecule has 0 saturated carbocycles. The smallest absolute Gasteiger partial charge is 0.407 e. The predicted molar refractivity (Wildman–Crippen MR) is 107 cm³/mol. The number of rotatable bonds is 9. The van der Waals surface area contributed by atoms with Gasteiger partial charge < -0.3 is 19.7 Å². The van der Waals surface area contributed by atoms with Crippen LogP contribution in [0.5, 0.6) is 0 Å². The molecule has 0 aliphatic carbocycles. The Morgan fingerprint density at radius 3 is 2.41 bits per heavy atom. The number of carbonyl (C=O) groups excluding carboxylic acids is 1. The van der Waals surface area contributed by atoms with Crippen LogP contribution in [0.3, 0.4) is 0 Å². The summed E-state index contributed by atoms with van der Waals surface area (Å²) in [6.45, 7) is 1.87. The summed E-state index contributed by atoms with van der Waals surface area (Å²) in [7, 11) is 0. The molecule has 7 heteroatoms. The fraction of sp³-hybridized carbons (Fsp3) is 0.318. The minimum Gasteiger partial charge on any atom is -0.445 e. The SMILES string of the molecule is CC(Cc1noc(Cc2ccccc2)n1)C(CO)NC(=O)OCc1ccccc1. The van der Waals surface area contributed by atoms with Crippen LogP contribution in [0.15, 0.2) is 65.2 Å². The zero-order valence-electron chi connectivity index (χ0n) is 16.3. The van der Waals surface area contributed by atoms with E-state index in [1.165, 1.54) is 0 Å². The fourth-order valence-corrected chi connectivity index (χ4v) is 2.93. The van der Waals surface area contributed by atoms with Gasteiger partial charge in [-0.2, -0.15) is 4.98 Å². The van der Waals surface area contributed by atoms with E-state index >= 15 is 0 Å². The van der Waals surface area contributed by atoms with Crippen LogP contribution in [0, 0.1) is 5.92 Å². The van der Waals surface area contributed by atoms with Gasteiger partial charge in [0, 0.05) is 6.42 Å². The van der Waals surface area contributed by atoms with Gasteiger partial charge in [-0.15, -0.1) is 0 Å². The average Bonchev–Trinajstić information content (AvgIpc) is 3.18. The van der Waals surface area contributed by atoms with Gasteiger partial charge in [0.25, 0.3) is 0 Å². The molecule has 3 aromatic rings. The van der Waals surface area contributed by atoms with Crippen LogP contribution in [-0.4, -0.2) is 34.0 Å². The summed E-state index contributed by atoms with van der Waals surface area (Å²) < 4.78 is 10.5. The van der Waals surface area contributed by atoms with Crippen molar-refractivity contribution < 1.29 is 19.2 Å². The Kier molecular flexibility index (Phi) is 7.35. The lowest BCUT2D eigenvalue weighted by Crippen LogP contribution is -2.43. The topological polar surface area (TPSA) is 97.5 Å². The highest BCUT2D eigenvalue weighted by atomic mass is 16.5. The number of nitrogens with one attached hydrogen (secondary N) is 1. The predicted octanol–water partition coefficient (Wildman–Crippen LogP) is 3.13. The zero-order chi connectivity index (χ0) is 20.5. The molecule has 0 aliphatic heterocycles. The van der Waals surface area contributed by atoms with Crippen LogP contribution < -0.4 is 5.32 Å². The Labute approximate surface area is 169 Å². The molecule has 29 heavy (non-hydrogen) atoms. The van der Waals surface area contributed by atoms with Crippen molar-refractivity contribution in [1.82, 2.24) is 15.5 Å². The number of amides is 1. The van der Waals surface area contributed by atoms with Gasteiger partial charge in [-0.25, -0.2) is 4.79 Å². The monoisotopic (exact) mass is 395 g/mol. The van der Waals surface area contributed by atoms with E-state index in [4.69, 9.17) is 9.26 Å². The molecule has 0 spiro atoms. The van der Waals surface area contributed by atoms with E-state index in [1.807, 2.05) is 67.6 Å². The Bertz CT molecular complexity index is 883. The second kappa shape index (κ2) is 10.4. The van der Waals surface area contributed by atoms with Crippen molar-refractivity contribution in [3.63, 3.8) is 0 Å². The van der Waals surface area contributed by atoms with Crippen LogP contribution in [0.4, 0.5) is 4.79 Å². The summed E-state index contributed by atoms with van der Waals surface area (Å²) in [5.74, 6) is 0.974. The van der Waals surface area contributed by atoms with E-state index in [2.05, 4.69) is 15.5 Å². The normalized spacial score (nSPS) is 12.9. The first-order chi connectivity index (χ1) is 14.1. The highest BCUT2D eigenvalue weighted by Gasteiger charge is 2.22. The molecule has 0 saturated heterocycles. The molecule has 2 atom stereocenters. The molecule has 2 unspecified atom stereocenters. The summed E-state index contributed by atoms with van der Waals surface area (Å²) in [4.78, 5) is 16.5. The molecule has 1 amide bonds. The lowest BCUT2D eigenvalue weighted by Gasteiger charge is -2.22. The lowest BCUT2D eigenvalue weighted by molar-refractivity contribution is 0.121. The van der Waals surface area contributed by atoms with Crippen molar-refractivity contribution >= 4 is 6.09 Å². The van der Waals surface area contributed by atoms with Gasteiger partial charge in [0.15, 0.2) is 5.82 Å². The van der Waals surface area contributed by atoms with Gasteiger partial charge >= 0.3 is 6.09 Å². The first-order valence-electron chi connectivity index (χ1n) is 9.57. The number of nitrogens with zero attached hydrogens (tertiary/aromatic N) is 2. The zero-order valence-corrected chi connectivity index (χ0v) is 16.3. The Balaban J connectivity index is 1.49. The molecule has 1 aromatic heterocycles. The van der Waals surface area contributed by atoms with E-state index in [-0.39, 0.29) is 19.1 Å². The van der Waals surface area contributed by atoms with Crippen molar-refractivity contribution in [2.24, 2.45) is 5.92 Å². The molecule has 0 aliphatic rings. The molecule has 1 heterocycles. The third-order valence-corrected chi connectivity index (χ3v) is 4.61. The molecular weight excluding hydrogens is 370 g/mol. The van der Waals surface area contributed by atoms with Crippen molar-refractivity contribution in [2.45, 2.75) is 32.4 Å². The molecule has 152 valence electrons. The Hall–Kier alpha value is -3.19. The van der Waals surface area contributed by atoms with Crippen molar-refractivity contribution in [3.05, 3.63) is 83.5 Å². The van der Waals surface area contributed by atoms with Gasteiger partial charge in [0.1, 0.15) is 6.61 Å². The van der Waals surface area contributed by atoms with Gasteiger partial charge in [-0.1, -0.05) is 72.7 Å². The number of aliphatic hydroxyl groups excluding tert-OH is 1. The van der Waals surface area contributed by atoms with Crippen LogP contribution in [0.25, 0.3) is 0 Å². The Morgan fingerprint density at radius 2 is 1.76 bits per heavy atom. The summed E-state index contributed by atoms with van der Waals surface area (Å²) in [5, 5.41) is 16.4. The largest absolute Gasteiger partial charge is 0.445 e. The molecule has 3 rings (SSSR count). The number of ether oxygens (including phenoxy) is 1. The van der Waals surface area contributed by atoms with Crippen LogP contribution in [0.2, 0.25) is 0 Å². The van der Waals surface area contributed by atoms with E-state index in [9.17, 15) is 9.90 Å². The summed E-state index contributed by atoms with van der Waals surface area (Å²) in [6, 6.07) is 18.8. The maximum Gasteiger partial charge on any atom is 0.407 e. The molecule has 0 fully saturated rings. The quantitative estimate of drug-likeness (QED) is 0.578. The van der Waals surface area contributed by atoms with Crippen molar-refractivity contribution in [3.8, 4) is 0 Å². The minimum atomic E-state index is -0.572. The first-order valence-corrected chi connectivity index (χ1v) is 9.57. The molecule has 0 bridgehead atoms. The fourth-order valence-electron chi connectivity index (χ4n) is 2.93. The highest BCUT2D eigenvalue weighted by Crippen LogP contribution is 2.13. The van der Waals surface area contributed by atoms with E-state index in [1.54, 1.807) is 0 Å². The van der Waals surface area contributed by atoms with E-state index in [0.717, 1.165) is 11.1 Å². The number of aromatic nitrogens is 2. The van der Waals surface area contributed by atoms with E-state index in [0.29, 0.717) is 24.6 Å². The molecule has 0 radical (unpaired) electrons. The minimum absolute atomic E-state index is 0.105. The maximum absolute atomic E-state index is 12.1. The summed E-state index contributed by atoms with van der Waals surface area (Å²) >= 11 is 0. The molecule has 7 nitrogen and oxygen atoms in total. The van der Waals surface area contributed by atoms with Crippen LogP contribution in [0.1, 0.15) is 29.8 Å². The first kappa shape index (κ1) is 20.5. The molecule has 2 N–H and O–H groups in total. The highest BCUT2D eigenvalue weighted by molar-refractivity contribution is 5.67. The number of alkyl carbamates (subject to hydrolysis) is 1. The summed E-state index contributed by atoms with van der Waals surface area (Å²) in [6.07, 6.45) is 0.454. The maximum atomic E-state index is 12.1. The summed E-state index contributed by atoms with van der Waals surface area (Å²) in [5.41, 5.74) is 1.99. The van der Waals surface area contributed by atoms with E-state index < -0.39 is 12.1 Å². The number of carbonyl (C=O) groups is 1. The number of aliphatic hydroxyl groups is 1. The molecule has 2 aromatic carbocycles. The standard InChI is InChI=1S/C22H25N3O4/c1-16(12-20-24-21(29-25-20)13-17-8-4-2-5-9-17)19(14-26)23-22(27)28-15-18-10-6-3-7-11-18/h2-11,16,19,26H,12-15H2,1H3,(H,23,27). The van der Waals surface area contributed by atoms with Crippen LogP contribution >= 0.6 is 0 Å². The van der Waals surface area contributed by atoms with Gasteiger partial charge in [-0.05, 0) is 17.0 Å². The second-order valence-electron chi connectivity index (χ2n) is 6.94. The number of benzene rings is 2. The number of hydrogen-bond acceptors (Lipinski definition) is 6. The second-order valence-corrected chi connectivity index (χ2v) is 6.94. The van der Waals surface area contributed by atoms with Crippen molar-refractivity contribution in [2.75, 3.05) is 6.61 Å². The van der Waals surface area contributed by atoms with Crippen LogP contribution in [-0.2, 0) is 24.2 Å². The third-order valence-electron chi connectivity index (χ3n) is 4.61. The van der Waals surface area contributed by atoms with Gasteiger partial charge in [-0.3, -0.25) is 0 Å². The van der Waals surface area contributed by atoms with Gasteiger partial charge in [0.05, 0.1) is 19.1 Å². The Morgan fingerprint density at radius 1 is 1.10 bits per heavy atom. The van der Waals surface area contributed by atoms with Crippen molar-refractivity contribution in [1.29, 1.82) is 0 Å². The third kappa shape index (κ3) is 6.43. The number of hydrogen-bond donors (Lipinski definition) is 2. The average molecular weight is 395 g/mol.